The third-order valence-electron chi connectivity index (χ3n) is 5.06. The summed E-state index contributed by atoms with van der Waals surface area (Å²) in [7, 11) is 0. The van der Waals surface area contributed by atoms with E-state index in [0.717, 1.165) is 37.7 Å². The summed E-state index contributed by atoms with van der Waals surface area (Å²) in [4.78, 5) is 0. The van der Waals surface area contributed by atoms with E-state index in [1.807, 2.05) is 48.5 Å². The summed E-state index contributed by atoms with van der Waals surface area (Å²) in [6, 6.07) is 20.2. The fourth-order valence-electron chi connectivity index (χ4n) is 3.55. The number of benzene rings is 2. The van der Waals surface area contributed by atoms with Crippen molar-refractivity contribution in [2.45, 2.75) is 64.1 Å². The van der Waals surface area contributed by atoms with E-state index in [9.17, 15) is 10.2 Å². The molecular formula is C23H32O2. The molecule has 2 N–H and O–H groups in total. The first-order chi connectivity index (χ1) is 12.1. The molecular weight excluding hydrogens is 308 g/mol. The van der Waals surface area contributed by atoms with Crippen molar-refractivity contribution in [2.75, 3.05) is 0 Å². The van der Waals surface area contributed by atoms with Gasteiger partial charge < -0.3 is 10.2 Å². The Kier molecular flexibility index (Phi) is 8.17. The van der Waals surface area contributed by atoms with Gasteiger partial charge in [0.15, 0.2) is 0 Å². The van der Waals surface area contributed by atoms with Gasteiger partial charge in [0.05, 0.1) is 12.2 Å². The maximum Gasteiger partial charge on any atom is 0.0792 e. The molecule has 0 aliphatic heterocycles. The minimum Gasteiger partial charge on any atom is -0.392 e. The summed E-state index contributed by atoms with van der Waals surface area (Å²) in [6.07, 6.45) is 3.84. The molecule has 0 heterocycles. The SMILES string of the molecule is CCCC(O)C(CCC(C)CC(O)c1ccccc1)c1ccccc1. The first-order valence-electron chi connectivity index (χ1n) is 9.57. The number of hydrogen-bond donors (Lipinski definition) is 2. The fourth-order valence-corrected chi connectivity index (χ4v) is 3.55. The van der Waals surface area contributed by atoms with Crippen LogP contribution in [-0.2, 0) is 0 Å². The summed E-state index contributed by atoms with van der Waals surface area (Å²) in [5.41, 5.74) is 2.21. The van der Waals surface area contributed by atoms with Gasteiger partial charge in [-0.1, -0.05) is 80.9 Å². The molecule has 0 radical (unpaired) electrons. The van der Waals surface area contributed by atoms with Gasteiger partial charge in [0, 0.05) is 5.92 Å². The Morgan fingerprint density at radius 3 is 1.88 bits per heavy atom. The van der Waals surface area contributed by atoms with Gasteiger partial charge in [0.25, 0.3) is 0 Å². The average molecular weight is 341 g/mol. The zero-order chi connectivity index (χ0) is 18.1. The summed E-state index contributed by atoms with van der Waals surface area (Å²) >= 11 is 0. The van der Waals surface area contributed by atoms with E-state index in [-0.39, 0.29) is 12.0 Å². The van der Waals surface area contributed by atoms with Crippen molar-refractivity contribution in [3.8, 4) is 0 Å². The van der Waals surface area contributed by atoms with Gasteiger partial charge >= 0.3 is 0 Å². The molecule has 0 fully saturated rings. The van der Waals surface area contributed by atoms with Gasteiger partial charge in [0.1, 0.15) is 0 Å². The number of aliphatic hydroxyl groups is 2. The molecule has 2 aromatic rings. The first-order valence-corrected chi connectivity index (χ1v) is 9.57. The normalized spacial score (nSPS) is 16.2. The highest BCUT2D eigenvalue weighted by molar-refractivity contribution is 5.21. The van der Waals surface area contributed by atoms with E-state index in [0.29, 0.717) is 5.92 Å². The molecule has 2 aromatic carbocycles. The van der Waals surface area contributed by atoms with Gasteiger partial charge in [-0.25, -0.2) is 0 Å². The smallest absolute Gasteiger partial charge is 0.0792 e. The molecule has 2 rings (SSSR count). The minimum absolute atomic E-state index is 0.178. The quantitative estimate of drug-likeness (QED) is 0.602. The molecule has 0 aliphatic carbocycles. The van der Waals surface area contributed by atoms with E-state index in [1.54, 1.807) is 0 Å². The van der Waals surface area contributed by atoms with Crippen LogP contribution in [0.4, 0.5) is 0 Å². The molecule has 4 unspecified atom stereocenters. The number of aliphatic hydroxyl groups excluding tert-OH is 2. The molecule has 2 nitrogen and oxygen atoms in total. The second-order valence-corrected chi connectivity index (χ2v) is 7.22. The third-order valence-corrected chi connectivity index (χ3v) is 5.06. The van der Waals surface area contributed by atoms with Crippen molar-refractivity contribution in [1.29, 1.82) is 0 Å². The molecule has 2 heteroatoms. The highest BCUT2D eigenvalue weighted by atomic mass is 16.3. The van der Waals surface area contributed by atoms with Gasteiger partial charge in [-0.3, -0.25) is 0 Å². The highest BCUT2D eigenvalue weighted by Crippen LogP contribution is 2.31. The Bertz CT molecular complexity index is 582. The van der Waals surface area contributed by atoms with E-state index in [2.05, 4.69) is 26.0 Å². The third kappa shape index (κ3) is 6.30. The Morgan fingerprint density at radius 1 is 0.760 bits per heavy atom. The van der Waals surface area contributed by atoms with Crippen LogP contribution in [0.2, 0.25) is 0 Å². The highest BCUT2D eigenvalue weighted by Gasteiger charge is 2.22. The van der Waals surface area contributed by atoms with E-state index >= 15 is 0 Å². The second kappa shape index (κ2) is 10.4. The second-order valence-electron chi connectivity index (χ2n) is 7.22. The molecule has 0 bridgehead atoms. The number of hydrogen-bond acceptors (Lipinski definition) is 2. The first kappa shape index (κ1) is 19.7. The van der Waals surface area contributed by atoms with Crippen molar-refractivity contribution in [3.63, 3.8) is 0 Å². The molecule has 25 heavy (non-hydrogen) atoms. The lowest BCUT2D eigenvalue weighted by Gasteiger charge is -2.25. The number of rotatable bonds is 10. The summed E-state index contributed by atoms with van der Waals surface area (Å²) < 4.78 is 0. The van der Waals surface area contributed by atoms with Crippen LogP contribution in [0.1, 0.15) is 69.1 Å². The van der Waals surface area contributed by atoms with Gasteiger partial charge in [-0.2, -0.15) is 0 Å². The summed E-state index contributed by atoms with van der Waals surface area (Å²) in [5, 5.41) is 21.0. The Morgan fingerprint density at radius 2 is 1.32 bits per heavy atom. The van der Waals surface area contributed by atoms with Gasteiger partial charge in [-0.15, -0.1) is 0 Å². The summed E-state index contributed by atoms with van der Waals surface area (Å²) in [6.45, 7) is 4.31. The standard InChI is InChI=1S/C23H32O2/c1-3-10-22(24)21(19-11-6-4-7-12-19)16-15-18(2)17-23(25)20-13-8-5-9-14-20/h4-9,11-14,18,21-25H,3,10,15-17H2,1-2H3. The van der Waals surface area contributed by atoms with Crippen LogP contribution in [0.15, 0.2) is 60.7 Å². The van der Waals surface area contributed by atoms with Crippen molar-refractivity contribution in [1.82, 2.24) is 0 Å². The lowest BCUT2D eigenvalue weighted by Crippen LogP contribution is -2.19. The molecule has 0 aliphatic rings. The predicted octanol–water partition coefficient (Wildman–Crippen LogP) is 5.47. The minimum atomic E-state index is -0.410. The van der Waals surface area contributed by atoms with Gasteiger partial charge in [-0.05, 0) is 42.7 Å². The van der Waals surface area contributed by atoms with Crippen LogP contribution in [0.3, 0.4) is 0 Å². The van der Waals surface area contributed by atoms with Crippen molar-refractivity contribution >= 4 is 0 Å². The predicted molar refractivity (Wildman–Crippen MR) is 105 cm³/mol. The Hall–Kier alpha value is -1.64. The van der Waals surface area contributed by atoms with E-state index in [4.69, 9.17) is 0 Å². The van der Waals surface area contributed by atoms with Crippen LogP contribution in [0, 0.1) is 5.92 Å². The molecule has 0 amide bonds. The van der Waals surface area contributed by atoms with Crippen LogP contribution < -0.4 is 0 Å². The van der Waals surface area contributed by atoms with Crippen LogP contribution >= 0.6 is 0 Å². The maximum absolute atomic E-state index is 10.6. The average Bonchev–Trinajstić information content (AvgIpc) is 2.63. The van der Waals surface area contributed by atoms with Crippen LogP contribution in [-0.4, -0.2) is 16.3 Å². The van der Waals surface area contributed by atoms with Crippen LogP contribution in [0.5, 0.6) is 0 Å². The van der Waals surface area contributed by atoms with E-state index < -0.39 is 6.10 Å². The van der Waals surface area contributed by atoms with Gasteiger partial charge in [0.2, 0.25) is 0 Å². The van der Waals surface area contributed by atoms with E-state index in [1.165, 1.54) is 5.56 Å². The molecule has 0 saturated carbocycles. The monoisotopic (exact) mass is 340 g/mol. The molecule has 0 spiro atoms. The largest absolute Gasteiger partial charge is 0.392 e. The van der Waals surface area contributed by atoms with Crippen molar-refractivity contribution in [3.05, 3.63) is 71.8 Å². The van der Waals surface area contributed by atoms with Crippen LogP contribution in [0.25, 0.3) is 0 Å². The zero-order valence-electron chi connectivity index (χ0n) is 15.5. The lowest BCUT2D eigenvalue weighted by molar-refractivity contribution is 0.118. The topological polar surface area (TPSA) is 40.5 Å². The molecule has 4 atom stereocenters. The Labute approximate surface area is 152 Å². The fraction of sp³-hybridized carbons (Fsp3) is 0.478. The lowest BCUT2D eigenvalue weighted by atomic mass is 9.84. The summed E-state index contributed by atoms with van der Waals surface area (Å²) in [5.74, 6) is 0.590. The van der Waals surface area contributed by atoms with Crippen molar-refractivity contribution < 1.29 is 10.2 Å². The Balaban J connectivity index is 1.93. The van der Waals surface area contributed by atoms with Crippen molar-refractivity contribution in [2.24, 2.45) is 5.92 Å². The molecule has 136 valence electrons. The maximum atomic E-state index is 10.6. The zero-order valence-corrected chi connectivity index (χ0v) is 15.5. The molecule has 0 aromatic heterocycles. The molecule has 0 saturated heterocycles.